The van der Waals surface area contributed by atoms with Crippen molar-refractivity contribution in [1.82, 2.24) is 25.2 Å². The Hall–Kier alpha value is -4.00. The zero-order valence-electron chi connectivity index (χ0n) is 24.2. The molecule has 4 saturated heterocycles. The lowest BCUT2D eigenvalue weighted by atomic mass is 9.94. The number of rotatable bonds is 5. The van der Waals surface area contributed by atoms with Gasteiger partial charge in [-0.15, -0.1) is 6.42 Å². The van der Waals surface area contributed by atoms with Gasteiger partial charge in [0.15, 0.2) is 5.82 Å². The highest BCUT2D eigenvalue weighted by atomic mass is 19.1. The zero-order valence-corrected chi connectivity index (χ0v) is 24.2. The summed E-state index contributed by atoms with van der Waals surface area (Å²) < 4.78 is 23.2. The van der Waals surface area contributed by atoms with Crippen LogP contribution in [0.25, 0.3) is 32.9 Å². The highest BCUT2D eigenvalue weighted by Gasteiger charge is 2.45. The van der Waals surface area contributed by atoms with Crippen LogP contribution in [0.5, 0.6) is 11.8 Å². The van der Waals surface area contributed by atoms with Crippen molar-refractivity contribution in [2.24, 2.45) is 0 Å². The van der Waals surface area contributed by atoms with E-state index in [-0.39, 0.29) is 28.5 Å². The number of piperidine rings is 1. The smallest absolute Gasteiger partial charge is 0.319 e. The predicted octanol–water partition coefficient (Wildman–Crippen LogP) is 5.01. The molecule has 0 amide bonds. The molecule has 43 heavy (non-hydrogen) atoms. The molecule has 220 valence electrons. The van der Waals surface area contributed by atoms with Gasteiger partial charge in [0.05, 0.1) is 10.9 Å². The van der Waals surface area contributed by atoms with Gasteiger partial charge in [0.2, 0.25) is 0 Å². The van der Waals surface area contributed by atoms with E-state index >= 15 is 4.39 Å². The minimum atomic E-state index is -0.582. The molecule has 0 saturated carbocycles. The second-order valence-electron chi connectivity index (χ2n) is 12.7. The Kier molecular flexibility index (Phi) is 6.39. The van der Waals surface area contributed by atoms with Crippen LogP contribution < -0.4 is 15.0 Å². The van der Waals surface area contributed by atoms with E-state index < -0.39 is 5.82 Å². The molecule has 0 radical (unpaired) electrons. The van der Waals surface area contributed by atoms with Crippen molar-refractivity contribution in [1.29, 1.82) is 0 Å². The second kappa shape index (κ2) is 10.3. The Morgan fingerprint density at radius 2 is 1.88 bits per heavy atom. The van der Waals surface area contributed by atoms with Crippen molar-refractivity contribution in [3.8, 4) is 35.4 Å². The number of piperazine rings is 1. The molecule has 4 aliphatic rings. The Labute approximate surface area is 250 Å². The van der Waals surface area contributed by atoms with Crippen molar-refractivity contribution in [3.05, 3.63) is 47.9 Å². The number of ether oxygens (including phenoxy) is 1. The molecule has 0 aliphatic carbocycles. The summed E-state index contributed by atoms with van der Waals surface area (Å²) in [5.74, 6) is 2.79. The predicted molar refractivity (Wildman–Crippen MR) is 165 cm³/mol. The number of phenols is 1. The quantitative estimate of drug-likeness (QED) is 0.320. The molecule has 8 rings (SSSR count). The summed E-state index contributed by atoms with van der Waals surface area (Å²) in [5.41, 5.74) is 1.29. The van der Waals surface area contributed by atoms with Crippen LogP contribution in [0.15, 0.2) is 36.5 Å². The highest BCUT2D eigenvalue weighted by molar-refractivity contribution is 6.02. The van der Waals surface area contributed by atoms with E-state index in [1.54, 1.807) is 12.3 Å². The number of anilines is 1. The molecule has 2 aromatic carbocycles. The normalized spacial score (nSPS) is 23.0. The van der Waals surface area contributed by atoms with Gasteiger partial charge in [0, 0.05) is 47.9 Å². The number of hydrogen-bond donors (Lipinski definition) is 2. The SMILES string of the molecule is C#Cc1cccc2cc(O)cc(-c3ncc4c(N5CC6CCCC(C5)N6)nc(OCC56CCCN5CCC6)nc4c3F)c12. The molecule has 2 bridgehead atoms. The topological polar surface area (TPSA) is 86.6 Å². The first kappa shape index (κ1) is 26.6. The van der Waals surface area contributed by atoms with Crippen molar-refractivity contribution < 1.29 is 14.2 Å². The van der Waals surface area contributed by atoms with E-state index in [0.29, 0.717) is 51.8 Å². The summed E-state index contributed by atoms with van der Waals surface area (Å²) >= 11 is 0. The molecular weight excluding hydrogens is 543 g/mol. The second-order valence-corrected chi connectivity index (χ2v) is 12.7. The van der Waals surface area contributed by atoms with Crippen molar-refractivity contribution >= 4 is 27.5 Å². The largest absolute Gasteiger partial charge is 0.508 e. The van der Waals surface area contributed by atoms with E-state index in [0.717, 1.165) is 64.7 Å². The number of aromatic nitrogens is 3. The molecule has 2 unspecified atom stereocenters. The molecular formula is C34H35FN6O2. The summed E-state index contributed by atoms with van der Waals surface area (Å²) in [5, 5.41) is 16.2. The lowest BCUT2D eigenvalue weighted by Gasteiger charge is -2.43. The van der Waals surface area contributed by atoms with Gasteiger partial charge < -0.3 is 20.1 Å². The maximum atomic E-state index is 16.8. The van der Waals surface area contributed by atoms with Gasteiger partial charge >= 0.3 is 6.01 Å². The van der Waals surface area contributed by atoms with Gasteiger partial charge in [-0.05, 0) is 75.2 Å². The minimum absolute atomic E-state index is 0.00895. The van der Waals surface area contributed by atoms with Gasteiger partial charge in [-0.1, -0.05) is 24.5 Å². The minimum Gasteiger partial charge on any atom is -0.508 e. The number of hydrogen-bond acceptors (Lipinski definition) is 8. The maximum absolute atomic E-state index is 16.8. The van der Waals surface area contributed by atoms with Crippen LogP contribution in [-0.4, -0.2) is 75.4 Å². The van der Waals surface area contributed by atoms with Crippen molar-refractivity contribution in [2.45, 2.75) is 62.6 Å². The van der Waals surface area contributed by atoms with Crippen molar-refractivity contribution in [3.63, 3.8) is 0 Å². The standard InChI is InChI=1S/C34H35FN6O2/c1-2-21-7-3-8-22-15-25(42)16-26(28(21)22)30-29(35)31-27(17-36-30)32(40-18-23-9-4-10-24(19-40)37-23)39-33(38-31)43-20-34-11-5-13-41(34)14-6-12-34/h1,3,7-8,15-17,23-24,37,42H,4-6,9-14,18-20H2. The summed E-state index contributed by atoms with van der Waals surface area (Å²) in [6.45, 7) is 4.25. The van der Waals surface area contributed by atoms with Gasteiger partial charge in [-0.2, -0.15) is 9.97 Å². The van der Waals surface area contributed by atoms with E-state index in [2.05, 4.69) is 26.0 Å². The van der Waals surface area contributed by atoms with E-state index in [1.165, 1.54) is 12.5 Å². The molecule has 4 aliphatic heterocycles. The third-order valence-corrected chi connectivity index (χ3v) is 10.1. The number of terminal acetylenes is 1. The van der Waals surface area contributed by atoms with Gasteiger partial charge in [0.1, 0.15) is 29.4 Å². The number of nitrogens with one attached hydrogen (secondary N) is 1. The number of fused-ring (bicyclic) bond motifs is 5. The fourth-order valence-electron chi connectivity index (χ4n) is 8.07. The first-order valence-corrected chi connectivity index (χ1v) is 15.5. The number of aromatic hydroxyl groups is 1. The first-order valence-electron chi connectivity index (χ1n) is 15.5. The summed E-state index contributed by atoms with van der Waals surface area (Å²) in [6, 6.07) is 9.55. The van der Waals surface area contributed by atoms with E-state index in [1.807, 2.05) is 18.2 Å². The summed E-state index contributed by atoms with van der Waals surface area (Å²) in [7, 11) is 0. The molecule has 9 heteroatoms. The van der Waals surface area contributed by atoms with Gasteiger partial charge in [-0.25, -0.2) is 4.39 Å². The Bertz CT molecular complexity index is 1770. The molecule has 2 N–H and O–H groups in total. The number of nitrogens with zero attached hydrogens (tertiary/aromatic N) is 5. The molecule has 2 aromatic heterocycles. The van der Waals surface area contributed by atoms with Gasteiger partial charge in [-0.3, -0.25) is 9.88 Å². The molecule has 8 nitrogen and oxygen atoms in total. The van der Waals surface area contributed by atoms with Crippen LogP contribution in [0.3, 0.4) is 0 Å². The molecule has 4 fully saturated rings. The van der Waals surface area contributed by atoms with Crippen LogP contribution in [0.2, 0.25) is 0 Å². The zero-order chi connectivity index (χ0) is 29.1. The van der Waals surface area contributed by atoms with Gasteiger partial charge in [0.25, 0.3) is 0 Å². The number of halogens is 1. The average Bonchev–Trinajstić information content (AvgIpc) is 3.60. The fraction of sp³-hybridized carbons (Fsp3) is 0.441. The average molecular weight is 579 g/mol. The lowest BCUT2D eigenvalue weighted by molar-refractivity contribution is 0.108. The Morgan fingerprint density at radius 1 is 1.09 bits per heavy atom. The van der Waals surface area contributed by atoms with Crippen LogP contribution >= 0.6 is 0 Å². The lowest BCUT2D eigenvalue weighted by Crippen LogP contribution is -2.59. The van der Waals surface area contributed by atoms with Crippen molar-refractivity contribution in [2.75, 3.05) is 37.7 Å². The first-order chi connectivity index (χ1) is 21.0. The summed E-state index contributed by atoms with van der Waals surface area (Å²) in [4.78, 5) is 19.0. The number of phenolic OH excluding ortho intramolecular Hbond substituents is 1. The molecule has 6 heterocycles. The third-order valence-electron chi connectivity index (χ3n) is 10.1. The molecule has 0 spiro atoms. The maximum Gasteiger partial charge on any atom is 0.319 e. The molecule has 4 aromatic rings. The van der Waals surface area contributed by atoms with Crippen LogP contribution in [0, 0.1) is 18.2 Å². The Morgan fingerprint density at radius 3 is 2.65 bits per heavy atom. The van der Waals surface area contributed by atoms with E-state index in [4.69, 9.17) is 21.1 Å². The fourth-order valence-corrected chi connectivity index (χ4v) is 8.07. The third kappa shape index (κ3) is 4.47. The summed E-state index contributed by atoms with van der Waals surface area (Å²) in [6.07, 6.45) is 15.4. The van der Waals surface area contributed by atoms with Crippen LogP contribution in [-0.2, 0) is 0 Å². The van der Waals surface area contributed by atoms with E-state index in [9.17, 15) is 5.11 Å². The number of benzene rings is 2. The number of pyridine rings is 1. The highest BCUT2D eigenvalue weighted by Crippen LogP contribution is 2.41. The monoisotopic (exact) mass is 578 g/mol. The Balaban J connectivity index is 1.27. The van der Waals surface area contributed by atoms with Crippen LogP contribution in [0.1, 0.15) is 50.5 Å². The molecule has 2 atom stereocenters. The van der Waals surface area contributed by atoms with Crippen LogP contribution in [0.4, 0.5) is 10.2 Å².